The van der Waals surface area contributed by atoms with Gasteiger partial charge in [0.2, 0.25) is 0 Å². The Bertz CT molecular complexity index is 635. The average molecular weight is 308 g/mol. The molecule has 1 aromatic carbocycles. The van der Waals surface area contributed by atoms with Gasteiger partial charge in [0.1, 0.15) is 0 Å². The van der Waals surface area contributed by atoms with Gasteiger partial charge in [-0.3, -0.25) is 10.9 Å². The minimum Gasteiger partial charge on any atom is -0.297 e. The third kappa shape index (κ3) is 2.94. The van der Waals surface area contributed by atoms with E-state index in [0.29, 0.717) is 5.02 Å². The summed E-state index contributed by atoms with van der Waals surface area (Å²) in [4.78, 5) is 5.66. The molecule has 1 aliphatic heterocycles. The molecule has 2 N–H and O–H groups in total. The molecule has 1 aliphatic rings. The molecule has 0 atom stereocenters. The first kappa shape index (κ1) is 12.6. The van der Waals surface area contributed by atoms with E-state index in [0.717, 1.165) is 16.6 Å². The fourth-order valence-electron chi connectivity index (χ4n) is 1.55. The molecular weight excluding hydrogens is 298 g/mol. The van der Waals surface area contributed by atoms with Crippen molar-refractivity contribution in [2.45, 2.75) is 0 Å². The smallest absolute Gasteiger partial charge is 0.185 e. The van der Waals surface area contributed by atoms with Crippen molar-refractivity contribution < 1.29 is 0 Å². The van der Waals surface area contributed by atoms with Crippen molar-refractivity contribution in [3.8, 4) is 0 Å². The van der Waals surface area contributed by atoms with Crippen LogP contribution in [0.15, 0.2) is 52.2 Å². The molecule has 0 saturated heterocycles. The molecule has 0 saturated carbocycles. The van der Waals surface area contributed by atoms with Crippen LogP contribution in [0.5, 0.6) is 0 Å². The van der Waals surface area contributed by atoms with Gasteiger partial charge in [-0.05, 0) is 23.6 Å². The van der Waals surface area contributed by atoms with Crippen LogP contribution in [0.4, 0.5) is 5.69 Å². The Hall–Kier alpha value is -1.43. The fourth-order valence-corrected chi connectivity index (χ4v) is 3.18. The highest BCUT2D eigenvalue weighted by Gasteiger charge is 2.11. The predicted molar refractivity (Wildman–Crippen MR) is 84.7 cm³/mol. The van der Waals surface area contributed by atoms with Gasteiger partial charge in [0.15, 0.2) is 5.17 Å². The highest BCUT2D eigenvalue weighted by Crippen LogP contribution is 2.27. The summed E-state index contributed by atoms with van der Waals surface area (Å²) >= 11 is 9.30. The Morgan fingerprint density at radius 2 is 1.95 bits per heavy atom. The summed E-state index contributed by atoms with van der Waals surface area (Å²) < 4.78 is 0. The van der Waals surface area contributed by atoms with Gasteiger partial charge in [0.25, 0.3) is 0 Å². The van der Waals surface area contributed by atoms with Gasteiger partial charge >= 0.3 is 0 Å². The second kappa shape index (κ2) is 5.69. The predicted octanol–water partition coefficient (Wildman–Crippen LogP) is 4.23. The summed E-state index contributed by atoms with van der Waals surface area (Å²) in [5.41, 5.74) is 8.03. The molecule has 96 valence electrons. The summed E-state index contributed by atoms with van der Waals surface area (Å²) in [6, 6.07) is 11.6. The number of rotatable bonds is 2. The zero-order valence-corrected chi connectivity index (χ0v) is 12.1. The molecule has 6 heteroatoms. The number of amidine groups is 1. The Morgan fingerprint density at radius 3 is 2.63 bits per heavy atom. The molecule has 1 aromatic heterocycles. The van der Waals surface area contributed by atoms with Crippen molar-refractivity contribution >= 4 is 51.3 Å². The molecule has 0 fully saturated rings. The first-order valence-corrected chi connectivity index (χ1v) is 7.72. The first-order valence-electron chi connectivity index (χ1n) is 5.59. The van der Waals surface area contributed by atoms with E-state index in [2.05, 4.69) is 27.3 Å². The molecule has 0 unspecified atom stereocenters. The number of aliphatic imine (C=N–C) groups is 1. The molecule has 3 rings (SSSR count). The van der Waals surface area contributed by atoms with E-state index in [1.54, 1.807) is 11.3 Å². The number of thioether (sulfide) groups is 1. The normalized spacial score (nSPS) is 16.7. The van der Waals surface area contributed by atoms with Crippen LogP contribution in [0.25, 0.3) is 5.70 Å². The number of thiophene rings is 1. The molecule has 2 aromatic rings. The first-order chi connectivity index (χ1) is 9.33. The van der Waals surface area contributed by atoms with E-state index in [1.807, 2.05) is 35.7 Å². The van der Waals surface area contributed by atoms with Crippen molar-refractivity contribution in [2.75, 3.05) is 0 Å². The Balaban J connectivity index is 1.78. The van der Waals surface area contributed by atoms with Crippen LogP contribution in [0.1, 0.15) is 4.88 Å². The topological polar surface area (TPSA) is 36.4 Å². The Kier molecular flexibility index (Phi) is 3.77. The standard InChI is InChI=1S/C13H10ClN3S2/c14-9-4-1-2-5-10(9)15-13-17-16-11(8-19-13)12-6-3-7-18-12/h1-8,16H,(H,15,17). The maximum Gasteiger partial charge on any atom is 0.185 e. The quantitative estimate of drug-likeness (QED) is 0.871. The Labute approximate surface area is 124 Å². The molecule has 0 aliphatic carbocycles. The number of hydrogen-bond donors (Lipinski definition) is 2. The number of halogens is 1. The van der Waals surface area contributed by atoms with E-state index in [-0.39, 0.29) is 0 Å². The maximum atomic E-state index is 6.08. The van der Waals surface area contributed by atoms with E-state index in [1.165, 1.54) is 16.6 Å². The monoisotopic (exact) mass is 307 g/mol. The van der Waals surface area contributed by atoms with Crippen LogP contribution < -0.4 is 10.9 Å². The lowest BCUT2D eigenvalue weighted by atomic mass is 10.3. The van der Waals surface area contributed by atoms with Crippen molar-refractivity contribution in [2.24, 2.45) is 4.99 Å². The van der Waals surface area contributed by atoms with Crippen LogP contribution in [0.2, 0.25) is 5.02 Å². The van der Waals surface area contributed by atoms with Gasteiger partial charge in [-0.1, -0.05) is 41.6 Å². The minimum atomic E-state index is 0.644. The van der Waals surface area contributed by atoms with Gasteiger partial charge in [-0.15, -0.1) is 11.3 Å². The summed E-state index contributed by atoms with van der Waals surface area (Å²) in [5.74, 6) is 0. The minimum absolute atomic E-state index is 0.644. The van der Waals surface area contributed by atoms with E-state index < -0.39 is 0 Å². The molecule has 0 radical (unpaired) electrons. The summed E-state index contributed by atoms with van der Waals surface area (Å²) in [6.07, 6.45) is 0. The number of hydrogen-bond acceptors (Lipinski definition) is 4. The van der Waals surface area contributed by atoms with Gasteiger partial charge < -0.3 is 0 Å². The van der Waals surface area contributed by atoms with Crippen LogP contribution in [0.3, 0.4) is 0 Å². The average Bonchev–Trinajstić information content (AvgIpc) is 2.96. The number of hydrazine groups is 1. The van der Waals surface area contributed by atoms with Crippen molar-refractivity contribution in [1.29, 1.82) is 0 Å². The zero-order valence-electron chi connectivity index (χ0n) is 9.76. The lowest BCUT2D eigenvalue weighted by molar-refractivity contribution is 0.851. The van der Waals surface area contributed by atoms with E-state index >= 15 is 0 Å². The summed E-state index contributed by atoms with van der Waals surface area (Å²) in [7, 11) is 0. The molecule has 19 heavy (non-hydrogen) atoms. The second-order valence-corrected chi connectivity index (χ2v) is 5.96. The van der Waals surface area contributed by atoms with Crippen LogP contribution in [-0.4, -0.2) is 5.17 Å². The highest BCUT2D eigenvalue weighted by atomic mass is 35.5. The summed E-state index contributed by atoms with van der Waals surface area (Å²) in [6.45, 7) is 0. The SMILES string of the molecule is Clc1ccccc1N=C1NNC(c2cccs2)=CS1. The third-order valence-electron chi connectivity index (χ3n) is 2.45. The molecule has 0 spiro atoms. The molecule has 0 bridgehead atoms. The van der Waals surface area contributed by atoms with Crippen LogP contribution >= 0.6 is 34.7 Å². The lowest BCUT2D eigenvalue weighted by Crippen LogP contribution is -2.36. The number of nitrogens with zero attached hydrogens (tertiary/aromatic N) is 1. The van der Waals surface area contributed by atoms with Gasteiger partial charge in [0.05, 0.1) is 21.3 Å². The molecule has 3 nitrogen and oxygen atoms in total. The second-order valence-electron chi connectivity index (χ2n) is 3.75. The number of benzene rings is 1. The largest absolute Gasteiger partial charge is 0.297 e. The van der Waals surface area contributed by atoms with E-state index in [9.17, 15) is 0 Å². The van der Waals surface area contributed by atoms with Gasteiger partial charge in [-0.25, -0.2) is 4.99 Å². The maximum absolute atomic E-state index is 6.08. The zero-order chi connectivity index (χ0) is 13.1. The lowest BCUT2D eigenvalue weighted by Gasteiger charge is -2.17. The van der Waals surface area contributed by atoms with Crippen molar-refractivity contribution in [1.82, 2.24) is 10.9 Å². The Morgan fingerprint density at radius 1 is 1.05 bits per heavy atom. The highest BCUT2D eigenvalue weighted by molar-refractivity contribution is 8.16. The van der Waals surface area contributed by atoms with Crippen LogP contribution in [0, 0.1) is 0 Å². The van der Waals surface area contributed by atoms with Gasteiger partial charge in [0, 0.05) is 5.41 Å². The van der Waals surface area contributed by atoms with Crippen molar-refractivity contribution in [3.05, 3.63) is 57.1 Å². The van der Waals surface area contributed by atoms with Crippen LogP contribution in [-0.2, 0) is 0 Å². The van der Waals surface area contributed by atoms with Gasteiger partial charge in [-0.2, -0.15) is 0 Å². The number of para-hydroxylation sites is 1. The number of nitrogens with one attached hydrogen (secondary N) is 2. The molecular formula is C13H10ClN3S2. The fraction of sp³-hybridized carbons (Fsp3) is 0. The van der Waals surface area contributed by atoms with E-state index in [4.69, 9.17) is 11.6 Å². The van der Waals surface area contributed by atoms with Crippen molar-refractivity contribution in [3.63, 3.8) is 0 Å². The molecule has 0 amide bonds. The summed E-state index contributed by atoms with van der Waals surface area (Å²) in [5, 5.41) is 5.51. The third-order valence-corrected chi connectivity index (χ3v) is 4.45. The molecule has 2 heterocycles.